The van der Waals surface area contributed by atoms with Crippen molar-refractivity contribution in [1.29, 1.82) is 0 Å². The molecule has 1 atom stereocenters. The number of amides is 1. The lowest BCUT2D eigenvalue weighted by molar-refractivity contribution is 0.0888. The summed E-state index contributed by atoms with van der Waals surface area (Å²) in [6.45, 7) is 3.17. The molecule has 1 saturated heterocycles. The second-order valence-corrected chi connectivity index (χ2v) is 5.51. The molecule has 21 heavy (non-hydrogen) atoms. The van der Waals surface area contributed by atoms with E-state index in [-0.39, 0.29) is 16.7 Å². The minimum absolute atomic E-state index is 0.139. The van der Waals surface area contributed by atoms with E-state index in [1.54, 1.807) is 7.11 Å². The van der Waals surface area contributed by atoms with Gasteiger partial charge in [0.05, 0.1) is 17.7 Å². The van der Waals surface area contributed by atoms with E-state index < -0.39 is 17.5 Å². The number of hydrogen-bond acceptors (Lipinski definition) is 3. The zero-order valence-electron chi connectivity index (χ0n) is 12.3. The number of halogens is 2. The molecule has 1 aliphatic heterocycles. The third-order valence-electron chi connectivity index (χ3n) is 3.83. The first-order chi connectivity index (χ1) is 9.97. The molecule has 0 spiro atoms. The predicted octanol–water partition coefficient (Wildman–Crippen LogP) is 1.77. The summed E-state index contributed by atoms with van der Waals surface area (Å²) in [5, 5.41) is 6.03. The van der Waals surface area contributed by atoms with E-state index in [0.29, 0.717) is 13.2 Å². The van der Waals surface area contributed by atoms with Gasteiger partial charge in [-0.05, 0) is 37.9 Å². The molecule has 116 valence electrons. The van der Waals surface area contributed by atoms with Crippen molar-refractivity contribution in [2.75, 3.05) is 26.8 Å². The number of carbonyl (C=O) groups excluding carboxylic acids is 1. The molecule has 6 heteroatoms. The fourth-order valence-electron chi connectivity index (χ4n) is 2.65. The van der Waals surface area contributed by atoms with E-state index in [9.17, 15) is 13.6 Å². The van der Waals surface area contributed by atoms with Gasteiger partial charge in [0.15, 0.2) is 0 Å². The van der Waals surface area contributed by atoms with Gasteiger partial charge >= 0.3 is 0 Å². The molecule has 0 saturated carbocycles. The standard InChI is InChI=1S/C15H20F2N2O2/c1-10-6-11(13(17)7-12(10)16)14(20)18-8-15(9-21-2)4-3-5-19-15/h6-7,19H,3-5,8-9H2,1-2H3,(H,18,20). The Balaban J connectivity index is 2.06. The monoisotopic (exact) mass is 298 g/mol. The third kappa shape index (κ3) is 3.57. The Morgan fingerprint density at radius 2 is 2.19 bits per heavy atom. The summed E-state index contributed by atoms with van der Waals surface area (Å²) in [5.41, 5.74) is -0.206. The largest absolute Gasteiger partial charge is 0.383 e. The summed E-state index contributed by atoms with van der Waals surface area (Å²) in [5.74, 6) is -2.05. The van der Waals surface area contributed by atoms with Crippen molar-refractivity contribution >= 4 is 5.91 Å². The van der Waals surface area contributed by atoms with Crippen LogP contribution in [0.1, 0.15) is 28.8 Å². The molecule has 0 aliphatic carbocycles. The van der Waals surface area contributed by atoms with E-state index in [2.05, 4.69) is 10.6 Å². The van der Waals surface area contributed by atoms with Crippen LogP contribution in [0.4, 0.5) is 8.78 Å². The molecule has 1 amide bonds. The first-order valence-electron chi connectivity index (χ1n) is 6.95. The van der Waals surface area contributed by atoms with E-state index in [1.807, 2.05) is 0 Å². The zero-order chi connectivity index (χ0) is 15.5. The average Bonchev–Trinajstić information content (AvgIpc) is 2.90. The van der Waals surface area contributed by atoms with Crippen molar-refractivity contribution in [2.24, 2.45) is 0 Å². The number of benzene rings is 1. The van der Waals surface area contributed by atoms with Crippen LogP contribution in [0.15, 0.2) is 12.1 Å². The van der Waals surface area contributed by atoms with E-state index >= 15 is 0 Å². The maximum atomic E-state index is 13.7. The molecular formula is C15H20F2N2O2. The Kier molecular flexibility index (Phi) is 4.90. The number of rotatable bonds is 5. The number of carbonyl (C=O) groups is 1. The average molecular weight is 298 g/mol. The smallest absolute Gasteiger partial charge is 0.254 e. The number of hydrogen-bond donors (Lipinski definition) is 2. The molecule has 0 radical (unpaired) electrons. The van der Waals surface area contributed by atoms with Crippen molar-refractivity contribution in [3.8, 4) is 0 Å². The Morgan fingerprint density at radius 1 is 1.43 bits per heavy atom. The number of aryl methyl sites for hydroxylation is 1. The van der Waals surface area contributed by atoms with Crippen LogP contribution in [-0.4, -0.2) is 38.3 Å². The van der Waals surface area contributed by atoms with Gasteiger partial charge in [0, 0.05) is 19.7 Å². The first-order valence-corrected chi connectivity index (χ1v) is 6.95. The third-order valence-corrected chi connectivity index (χ3v) is 3.83. The first kappa shape index (κ1) is 15.9. The van der Waals surface area contributed by atoms with Crippen molar-refractivity contribution < 1.29 is 18.3 Å². The summed E-state index contributed by atoms with van der Waals surface area (Å²) in [4.78, 5) is 12.1. The van der Waals surface area contributed by atoms with E-state index in [0.717, 1.165) is 25.5 Å². The van der Waals surface area contributed by atoms with Crippen molar-refractivity contribution in [3.63, 3.8) is 0 Å². The highest BCUT2D eigenvalue weighted by Gasteiger charge is 2.34. The highest BCUT2D eigenvalue weighted by molar-refractivity contribution is 5.94. The number of methoxy groups -OCH3 is 1. The van der Waals surface area contributed by atoms with Crippen LogP contribution in [-0.2, 0) is 4.74 Å². The SMILES string of the molecule is COCC1(CNC(=O)c2cc(C)c(F)cc2F)CCCN1. The van der Waals surface area contributed by atoms with Crippen LogP contribution < -0.4 is 10.6 Å². The molecule has 2 rings (SSSR count). The Morgan fingerprint density at radius 3 is 2.81 bits per heavy atom. The fraction of sp³-hybridized carbons (Fsp3) is 0.533. The van der Waals surface area contributed by atoms with Gasteiger partial charge in [0.1, 0.15) is 11.6 Å². The van der Waals surface area contributed by atoms with Gasteiger partial charge in [-0.15, -0.1) is 0 Å². The predicted molar refractivity (Wildman–Crippen MR) is 75.3 cm³/mol. The van der Waals surface area contributed by atoms with Crippen LogP contribution in [0.3, 0.4) is 0 Å². The van der Waals surface area contributed by atoms with Gasteiger partial charge < -0.3 is 15.4 Å². The minimum atomic E-state index is -0.851. The van der Waals surface area contributed by atoms with Crippen LogP contribution in [0.25, 0.3) is 0 Å². The Bertz CT molecular complexity index is 529. The number of ether oxygens (including phenoxy) is 1. The summed E-state index contributed by atoms with van der Waals surface area (Å²) >= 11 is 0. The Hall–Kier alpha value is -1.53. The van der Waals surface area contributed by atoms with Gasteiger partial charge in [-0.3, -0.25) is 4.79 Å². The summed E-state index contributed by atoms with van der Waals surface area (Å²) in [6, 6.07) is 1.97. The molecule has 0 aromatic heterocycles. The maximum absolute atomic E-state index is 13.7. The fourth-order valence-corrected chi connectivity index (χ4v) is 2.65. The molecule has 1 unspecified atom stereocenters. The molecule has 0 bridgehead atoms. The minimum Gasteiger partial charge on any atom is -0.383 e. The molecule has 4 nitrogen and oxygen atoms in total. The molecular weight excluding hydrogens is 278 g/mol. The second-order valence-electron chi connectivity index (χ2n) is 5.51. The van der Waals surface area contributed by atoms with Crippen LogP contribution in [0.2, 0.25) is 0 Å². The summed E-state index contributed by atoms with van der Waals surface area (Å²) in [6.07, 6.45) is 1.88. The molecule has 1 aliphatic rings. The lowest BCUT2D eigenvalue weighted by Gasteiger charge is -2.29. The molecule has 2 N–H and O–H groups in total. The highest BCUT2D eigenvalue weighted by atomic mass is 19.1. The highest BCUT2D eigenvalue weighted by Crippen LogP contribution is 2.19. The van der Waals surface area contributed by atoms with Crippen LogP contribution in [0.5, 0.6) is 0 Å². The normalized spacial score (nSPS) is 21.5. The van der Waals surface area contributed by atoms with E-state index in [1.165, 1.54) is 13.0 Å². The molecule has 1 heterocycles. The lowest BCUT2D eigenvalue weighted by atomic mass is 9.98. The van der Waals surface area contributed by atoms with Crippen LogP contribution >= 0.6 is 0 Å². The van der Waals surface area contributed by atoms with Gasteiger partial charge in [-0.2, -0.15) is 0 Å². The number of nitrogens with one attached hydrogen (secondary N) is 2. The van der Waals surface area contributed by atoms with E-state index in [4.69, 9.17) is 4.74 Å². The van der Waals surface area contributed by atoms with Gasteiger partial charge in [-0.1, -0.05) is 0 Å². The molecule has 1 aromatic carbocycles. The van der Waals surface area contributed by atoms with Crippen molar-refractivity contribution in [1.82, 2.24) is 10.6 Å². The maximum Gasteiger partial charge on any atom is 0.254 e. The molecule has 1 fully saturated rings. The van der Waals surface area contributed by atoms with Gasteiger partial charge in [-0.25, -0.2) is 8.78 Å². The lowest BCUT2D eigenvalue weighted by Crippen LogP contribution is -2.53. The summed E-state index contributed by atoms with van der Waals surface area (Å²) < 4.78 is 32.1. The van der Waals surface area contributed by atoms with Gasteiger partial charge in [0.2, 0.25) is 0 Å². The second kappa shape index (κ2) is 6.49. The quantitative estimate of drug-likeness (QED) is 0.871. The van der Waals surface area contributed by atoms with Gasteiger partial charge in [0.25, 0.3) is 5.91 Å². The topological polar surface area (TPSA) is 50.4 Å². The van der Waals surface area contributed by atoms with Crippen molar-refractivity contribution in [3.05, 3.63) is 34.9 Å². The summed E-state index contributed by atoms with van der Waals surface area (Å²) in [7, 11) is 1.60. The Labute approximate surface area is 122 Å². The van der Waals surface area contributed by atoms with Crippen LogP contribution in [0, 0.1) is 18.6 Å². The molecule has 1 aromatic rings. The van der Waals surface area contributed by atoms with Crippen molar-refractivity contribution in [2.45, 2.75) is 25.3 Å². The zero-order valence-corrected chi connectivity index (χ0v) is 12.3.